The number of phenolic OH excluding ortho intramolecular Hbond substituents is 1. The SMILES string of the molecule is COc1nc(C)nc(/N=C(\C)c2ccccc2O)n1. The van der Waals surface area contributed by atoms with Crippen LogP contribution in [0.5, 0.6) is 11.8 Å². The molecule has 0 radical (unpaired) electrons. The Bertz CT molecular complexity index is 626. The molecule has 6 nitrogen and oxygen atoms in total. The summed E-state index contributed by atoms with van der Waals surface area (Å²) in [6, 6.07) is 7.18. The highest BCUT2D eigenvalue weighted by molar-refractivity contribution is 6.02. The Hall–Kier alpha value is -2.50. The monoisotopic (exact) mass is 258 g/mol. The van der Waals surface area contributed by atoms with Crippen molar-refractivity contribution in [2.45, 2.75) is 13.8 Å². The molecule has 2 aromatic rings. The topological polar surface area (TPSA) is 80.5 Å². The van der Waals surface area contributed by atoms with Gasteiger partial charge >= 0.3 is 6.01 Å². The molecule has 0 amide bonds. The Morgan fingerprint density at radius 2 is 1.95 bits per heavy atom. The van der Waals surface area contributed by atoms with Gasteiger partial charge in [0.15, 0.2) is 0 Å². The molecule has 0 bridgehead atoms. The van der Waals surface area contributed by atoms with E-state index in [-0.39, 0.29) is 17.7 Å². The molecular formula is C13H14N4O2. The molecule has 1 N–H and O–H groups in total. The highest BCUT2D eigenvalue weighted by Gasteiger charge is 2.06. The van der Waals surface area contributed by atoms with Crippen LogP contribution in [0.3, 0.4) is 0 Å². The molecule has 0 atom stereocenters. The molecule has 0 unspecified atom stereocenters. The van der Waals surface area contributed by atoms with Crippen LogP contribution < -0.4 is 4.74 Å². The molecule has 1 aromatic heterocycles. The quantitative estimate of drug-likeness (QED) is 0.852. The van der Waals surface area contributed by atoms with Crippen LogP contribution in [-0.2, 0) is 0 Å². The molecule has 6 heteroatoms. The Labute approximate surface area is 110 Å². The minimum atomic E-state index is 0.168. The second-order valence-electron chi connectivity index (χ2n) is 3.88. The van der Waals surface area contributed by atoms with Crippen molar-refractivity contribution < 1.29 is 9.84 Å². The van der Waals surface area contributed by atoms with E-state index in [1.165, 1.54) is 7.11 Å². The minimum Gasteiger partial charge on any atom is -0.507 e. The van der Waals surface area contributed by atoms with Crippen molar-refractivity contribution in [3.63, 3.8) is 0 Å². The lowest BCUT2D eigenvalue weighted by Gasteiger charge is -2.04. The summed E-state index contributed by atoms with van der Waals surface area (Å²) in [6.45, 7) is 3.51. The van der Waals surface area contributed by atoms with Crippen molar-refractivity contribution in [1.29, 1.82) is 0 Å². The molecule has 0 fully saturated rings. The predicted molar refractivity (Wildman–Crippen MR) is 71.1 cm³/mol. The number of ether oxygens (including phenoxy) is 1. The molecule has 19 heavy (non-hydrogen) atoms. The zero-order valence-corrected chi connectivity index (χ0v) is 11.0. The number of nitrogens with zero attached hydrogens (tertiary/aromatic N) is 4. The van der Waals surface area contributed by atoms with E-state index in [0.29, 0.717) is 17.1 Å². The van der Waals surface area contributed by atoms with Crippen LogP contribution in [-0.4, -0.2) is 32.9 Å². The van der Waals surface area contributed by atoms with Crippen molar-refractivity contribution in [2.75, 3.05) is 7.11 Å². The lowest BCUT2D eigenvalue weighted by Crippen LogP contribution is -1.99. The van der Waals surface area contributed by atoms with Crippen LogP contribution >= 0.6 is 0 Å². The molecule has 98 valence electrons. The van der Waals surface area contributed by atoms with Crippen molar-refractivity contribution in [3.8, 4) is 11.8 Å². The van der Waals surface area contributed by atoms with Crippen molar-refractivity contribution in [1.82, 2.24) is 15.0 Å². The van der Waals surface area contributed by atoms with Gasteiger partial charge in [-0.2, -0.15) is 15.0 Å². The first-order valence-corrected chi connectivity index (χ1v) is 5.70. The molecule has 0 saturated carbocycles. The van der Waals surface area contributed by atoms with Crippen molar-refractivity contribution in [3.05, 3.63) is 35.7 Å². The van der Waals surface area contributed by atoms with Gasteiger partial charge in [-0.05, 0) is 26.0 Å². The molecule has 0 saturated heterocycles. The highest BCUT2D eigenvalue weighted by atomic mass is 16.5. The number of aliphatic imine (C=N–C) groups is 1. The fourth-order valence-corrected chi connectivity index (χ4v) is 1.57. The van der Waals surface area contributed by atoms with Crippen LogP contribution in [0.1, 0.15) is 18.3 Å². The number of aryl methyl sites for hydroxylation is 1. The second kappa shape index (κ2) is 5.43. The van der Waals surface area contributed by atoms with Gasteiger partial charge in [0.1, 0.15) is 11.6 Å². The number of aromatic hydroxyl groups is 1. The smallest absolute Gasteiger partial charge is 0.321 e. The third-order valence-corrected chi connectivity index (χ3v) is 2.46. The van der Waals surface area contributed by atoms with Gasteiger partial charge in [-0.25, -0.2) is 4.99 Å². The van der Waals surface area contributed by atoms with Gasteiger partial charge in [-0.3, -0.25) is 0 Å². The number of benzene rings is 1. The molecule has 0 aliphatic carbocycles. The van der Waals surface area contributed by atoms with Crippen LogP contribution in [0.4, 0.5) is 5.95 Å². The van der Waals surface area contributed by atoms with Crippen LogP contribution in [0.2, 0.25) is 0 Å². The largest absolute Gasteiger partial charge is 0.507 e. The van der Waals surface area contributed by atoms with E-state index < -0.39 is 0 Å². The summed E-state index contributed by atoms with van der Waals surface area (Å²) in [7, 11) is 1.48. The van der Waals surface area contributed by atoms with E-state index in [9.17, 15) is 5.11 Å². The number of rotatable bonds is 3. The third-order valence-electron chi connectivity index (χ3n) is 2.46. The van der Waals surface area contributed by atoms with E-state index in [1.807, 2.05) is 6.07 Å². The van der Waals surface area contributed by atoms with Gasteiger partial charge in [-0.1, -0.05) is 12.1 Å². The number of para-hydroxylation sites is 1. The van der Waals surface area contributed by atoms with Crippen molar-refractivity contribution >= 4 is 11.7 Å². The summed E-state index contributed by atoms with van der Waals surface area (Å²) in [5.74, 6) is 0.947. The van der Waals surface area contributed by atoms with E-state index in [0.717, 1.165) is 0 Å². The van der Waals surface area contributed by atoms with E-state index in [2.05, 4.69) is 19.9 Å². The Morgan fingerprint density at radius 1 is 1.21 bits per heavy atom. The lowest BCUT2D eigenvalue weighted by molar-refractivity contribution is 0.377. The minimum absolute atomic E-state index is 0.168. The zero-order chi connectivity index (χ0) is 13.8. The number of aromatic nitrogens is 3. The van der Waals surface area contributed by atoms with Crippen LogP contribution in [0.25, 0.3) is 0 Å². The fourth-order valence-electron chi connectivity index (χ4n) is 1.57. The number of hydrogen-bond acceptors (Lipinski definition) is 6. The number of phenols is 1. The van der Waals surface area contributed by atoms with E-state index >= 15 is 0 Å². The summed E-state index contributed by atoms with van der Waals surface area (Å²) in [5.41, 5.74) is 1.25. The summed E-state index contributed by atoms with van der Waals surface area (Å²) in [6.07, 6.45) is 0. The summed E-state index contributed by atoms with van der Waals surface area (Å²) in [4.78, 5) is 16.4. The van der Waals surface area contributed by atoms with Crippen molar-refractivity contribution in [2.24, 2.45) is 4.99 Å². The maximum Gasteiger partial charge on any atom is 0.321 e. The van der Waals surface area contributed by atoms with Gasteiger partial charge in [0.25, 0.3) is 5.95 Å². The van der Waals surface area contributed by atoms with Gasteiger partial charge in [-0.15, -0.1) is 0 Å². The molecule has 0 aliphatic rings. The Kier molecular flexibility index (Phi) is 3.70. The lowest BCUT2D eigenvalue weighted by atomic mass is 10.1. The predicted octanol–water partition coefficient (Wildman–Crippen LogP) is 2.03. The summed E-state index contributed by atoms with van der Waals surface area (Å²) in [5, 5.41) is 9.76. The maximum atomic E-state index is 9.76. The molecule has 0 aliphatic heterocycles. The first kappa shape index (κ1) is 12.9. The normalized spacial score (nSPS) is 11.4. The van der Waals surface area contributed by atoms with Crippen LogP contribution in [0, 0.1) is 6.92 Å². The highest BCUT2D eigenvalue weighted by Crippen LogP contribution is 2.19. The first-order chi connectivity index (χ1) is 9.10. The Morgan fingerprint density at radius 3 is 2.63 bits per heavy atom. The second-order valence-corrected chi connectivity index (χ2v) is 3.88. The molecule has 1 heterocycles. The average molecular weight is 258 g/mol. The maximum absolute atomic E-state index is 9.76. The van der Waals surface area contributed by atoms with Gasteiger partial charge in [0.2, 0.25) is 0 Å². The van der Waals surface area contributed by atoms with E-state index in [1.54, 1.807) is 32.0 Å². The standard InChI is InChI=1S/C13H14N4O2/c1-8(10-6-4-5-7-11(10)18)14-12-15-9(2)16-13(17-12)19-3/h4-7,18H,1-3H3/b14-8+. The summed E-state index contributed by atoms with van der Waals surface area (Å²) >= 11 is 0. The fraction of sp³-hybridized carbons (Fsp3) is 0.231. The molecule has 1 aromatic carbocycles. The zero-order valence-electron chi connectivity index (χ0n) is 11.0. The van der Waals surface area contributed by atoms with Gasteiger partial charge in [0, 0.05) is 5.56 Å². The Balaban J connectivity index is 2.41. The molecule has 2 rings (SSSR count). The molecule has 0 spiro atoms. The van der Waals surface area contributed by atoms with Gasteiger partial charge in [0.05, 0.1) is 12.8 Å². The number of hydrogen-bond donors (Lipinski definition) is 1. The number of methoxy groups -OCH3 is 1. The van der Waals surface area contributed by atoms with Crippen LogP contribution in [0.15, 0.2) is 29.3 Å². The van der Waals surface area contributed by atoms with Gasteiger partial charge < -0.3 is 9.84 Å². The molecular weight excluding hydrogens is 244 g/mol. The average Bonchev–Trinajstić information content (AvgIpc) is 2.38. The summed E-state index contributed by atoms with van der Waals surface area (Å²) < 4.78 is 4.97. The first-order valence-electron chi connectivity index (χ1n) is 5.70. The van der Waals surface area contributed by atoms with E-state index in [4.69, 9.17) is 4.74 Å². The third kappa shape index (κ3) is 3.04.